The summed E-state index contributed by atoms with van der Waals surface area (Å²) in [7, 11) is 0. The number of aryl methyl sites for hydroxylation is 2. The molecule has 0 spiro atoms. The van der Waals surface area contributed by atoms with Gasteiger partial charge in [0.15, 0.2) is 0 Å². The fourth-order valence-corrected chi connectivity index (χ4v) is 1.73. The average molecular weight is 250 g/mol. The van der Waals surface area contributed by atoms with Crippen LogP contribution in [-0.4, -0.2) is 23.7 Å². The highest BCUT2D eigenvalue weighted by molar-refractivity contribution is 5.73. The van der Waals surface area contributed by atoms with Gasteiger partial charge in [-0.25, -0.2) is 0 Å². The first kappa shape index (κ1) is 14.2. The smallest absolute Gasteiger partial charge is 0.310 e. The van der Waals surface area contributed by atoms with E-state index in [1.54, 1.807) is 6.92 Å². The molecule has 0 aliphatic heterocycles. The summed E-state index contributed by atoms with van der Waals surface area (Å²) in [6, 6.07) is 5.66. The number of ether oxygens (including phenoxy) is 1. The SMILES string of the molecule is CCOC(=O)Cc1ccc(CCC(=O)O)cc1C. The molecule has 0 amide bonds. The number of esters is 1. The molecule has 1 N–H and O–H groups in total. The van der Waals surface area contributed by atoms with Crippen LogP contribution in [0.3, 0.4) is 0 Å². The Kier molecular flexibility index (Phi) is 5.36. The number of carbonyl (C=O) groups is 2. The summed E-state index contributed by atoms with van der Waals surface area (Å²) in [6.45, 7) is 4.08. The average Bonchev–Trinajstić information content (AvgIpc) is 2.30. The van der Waals surface area contributed by atoms with Crippen molar-refractivity contribution in [3.63, 3.8) is 0 Å². The third kappa shape index (κ3) is 4.57. The number of carboxylic acids is 1. The lowest BCUT2D eigenvalue weighted by molar-refractivity contribution is -0.142. The fourth-order valence-electron chi connectivity index (χ4n) is 1.73. The second-order valence-electron chi connectivity index (χ2n) is 4.14. The molecule has 98 valence electrons. The van der Waals surface area contributed by atoms with E-state index in [-0.39, 0.29) is 18.8 Å². The fraction of sp³-hybridized carbons (Fsp3) is 0.429. The van der Waals surface area contributed by atoms with Gasteiger partial charge in [0, 0.05) is 6.42 Å². The highest BCUT2D eigenvalue weighted by Crippen LogP contribution is 2.14. The summed E-state index contributed by atoms with van der Waals surface area (Å²) in [5, 5.41) is 8.62. The Balaban J connectivity index is 2.67. The first-order chi connectivity index (χ1) is 8.52. The third-order valence-electron chi connectivity index (χ3n) is 2.67. The molecule has 1 aromatic carbocycles. The van der Waals surface area contributed by atoms with Crippen LogP contribution in [0.1, 0.15) is 30.0 Å². The molecule has 0 aliphatic carbocycles. The van der Waals surface area contributed by atoms with Crippen molar-refractivity contribution in [3.8, 4) is 0 Å². The second kappa shape index (κ2) is 6.79. The summed E-state index contributed by atoms with van der Waals surface area (Å²) in [6.07, 6.45) is 0.894. The number of benzene rings is 1. The molecule has 0 fully saturated rings. The molecule has 0 saturated carbocycles. The summed E-state index contributed by atoms with van der Waals surface area (Å²) in [4.78, 5) is 21.8. The molecular formula is C14H18O4. The maximum absolute atomic E-state index is 11.4. The van der Waals surface area contributed by atoms with Gasteiger partial charge in [-0.15, -0.1) is 0 Å². The zero-order chi connectivity index (χ0) is 13.5. The van der Waals surface area contributed by atoms with Crippen LogP contribution in [0.25, 0.3) is 0 Å². The molecule has 0 aliphatic rings. The minimum atomic E-state index is -0.803. The molecule has 0 atom stereocenters. The van der Waals surface area contributed by atoms with Gasteiger partial charge >= 0.3 is 11.9 Å². The number of hydrogen-bond acceptors (Lipinski definition) is 3. The maximum Gasteiger partial charge on any atom is 0.310 e. The maximum atomic E-state index is 11.4. The minimum Gasteiger partial charge on any atom is -0.481 e. The predicted molar refractivity (Wildman–Crippen MR) is 67.5 cm³/mol. The van der Waals surface area contributed by atoms with E-state index in [1.807, 2.05) is 25.1 Å². The van der Waals surface area contributed by atoms with Gasteiger partial charge in [0.1, 0.15) is 0 Å². The quantitative estimate of drug-likeness (QED) is 0.785. The van der Waals surface area contributed by atoms with Gasteiger partial charge in [0.25, 0.3) is 0 Å². The molecule has 0 heterocycles. The van der Waals surface area contributed by atoms with Crippen molar-refractivity contribution in [1.82, 2.24) is 0 Å². The Hall–Kier alpha value is -1.84. The zero-order valence-electron chi connectivity index (χ0n) is 10.7. The van der Waals surface area contributed by atoms with Crippen LogP contribution in [0.4, 0.5) is 0 Å². The van der Waals surface area contributed by atoms with Crippen molar-refractivity contribution >= 4 is 11.9 Å². The van der Waals surface area contributed by atoms with Crippen molar-refractivity contribution < 1.29 is 19.4 Å². The second-order valence-corrected chi connectivity index (χ2v) is 4.14. The summed E-state index contributed by atoms with van der Waals surface area (Å²) in [5.74, 6) is -1.04. The van der Waals surface area contributed by atoms with E-state index < -0.39 is 5.97 Å². The van der Waals surface area contributed by atoms with E-state index in [0.717, 1.165) is 16.7 Å². The van der Waals surface area contributed by atoms with Gasteiger partial charge in [-0.05, 0) is 37.0 Å². The van der Waals surface area contributed by atoms with E-state index in [9.17, 15) is 9.59 Å². The molecule has 0 radical (unpaired) electrons. The molecule has 0 saturated heterocycles. The van der Waals surface area contributed by atoms with Crippen LogP contribution in [0.2, 0.25) is 0 Å². The molecule has 4 nitrogen and oxygen atoms in total. The van der Waals surface area contributed by atoms with Gasteiger partial charge in [-0.2, -0.15) is 0 Å². The van der Waals surface area contributed by atoms with Crippen LogP contribution in [0.5, 0.6) is 0 Å². The van der Waals surface area contributed by atoms with E-state index >= 15 is 0 Å². The van der Waals surface area contributed by atoms with E-state index in [0.29, 0.717) is 13.0 Å². The monoisotopic (exact) mass is 250 g/mol. The lowest BCUT2D eigenvalue weighted by Crippen LogP contribution is -2.08. The zero-order valence-corrected chi connectivity index (χ0v) is 10.7. The molecule has 1 aromatic rings. The number of carboxylic acid groups (broad SMARTS) is 1. The third-order valence-corrected chi connectivity index (χ3v) is 2.67. The van der Waals surface area contributed by atoms with Crippen molar-refractivity contribution in [3.05, 3.63) is 34.9 Å². The normalized spacial score (nSPS) is 10.1. The first-order valence-corrected chi connectivity index (χ1v) is 5.98. The molecule has 18 heavy (non-hydrogen) atoms. The van der Waals surface area contributed by atoms with Crippen LogP contribution in [-0.2, 0) is 27.2 Å². The van der Waals surface area contributed by atoms with Crippen molar-refractivity contribution in [1.29, 1.82) is 0 Å². The molecule has 0 aromatic heterocycles. The van der Waals surface area contributed by atoms with Gasteiger partial charge in [0.05, 0.1) is 13.0 Å². The molecular weight excluding hydrogens is 232 g/mol. The Morgan fingerprint density at radius 2 is 2.06 bits per heavy atom. The summed E-state index contributed by atoms with van der Waals surface area (Å²) < 4.78 is 4.89. The predicted octanol–water partition coefficient (Wildman–Crippen LogP) is 2.12. The summed E-state index contributed by atoms with van der Waals surface area (Å²) in [5.41, 5.74) is 2.89. The van der Waals surface area contributed by atoms with Crippen LogP contribution in [0, 0.1) is 6.92 Å². The van der Waals surface area contributed by atoms with Crippen LogP contribution >= 0.6 is 0 Å². The standard InChI is InChI=1S/C14H18O4/c1-3-18-14(17)9-12-6-4-11(8-10(12)2)5-7-13(15)16/h4,6,8H,3,5,7,9H2,1-2H3,(H,15,16). The molecule has 0 unspecified atom stereocenters. The first-order valence-electron chi connectivity index (χ1n) is 5.98. The van der Waals surface area contributed by atoms with Crippen LogP contribution in [0.15, 0.2) is 18.2 Å². The van der Waals surface area contributed by atoms with Crippen LogP contribution < -0.4 is 0 Å². The largest absolute Gasteiger partial charge is 0.481 e. The Morgan fingerprint density at radius 1 is 1.33 bits per heavy atom. The summed E-state index contributed by atoms with van der Waals surface area (Å²) >= 11 is 0. The lowest BCUT2D eigenvalue weighted by atomic mass is 10.0. The lowest BCUT2D eigenvalue weighted by Gasteiger charge is -2.08. The number of carbonyl (C=O) groups excluding carboxylic acids is 1. The minimum absolute atomic E-state index is 0.122. The Bertz CT molecular complexity index is 437. The molecule has 1 rings (SSSR count). The topological polar surface area (TPSA) is 63.6 Å². The van der Waals surface area contributed by atoms with Gasteiger partial charge in [-0.1, -0.05) is 18.2 Å². The highest BCUT2D eigenvalue weighted by atomic mass is 16.5. The Morgan fingerprint density at radius 3 is 2.61 bits per heavy atom. The van der Waals surface area contributed by atoms with E-state index in [4.69, 9.17) is 9.84 Å². The molecule has 4 heteroatoms. The van der Waals surface area contributed by atoms with E-state index in [2.05, 4.69) is 0 Å². The number of hydrogen-bond donors (Lipinski definition) is 1. The highest BCUT2D eigenvalue weighted by Gasteiger charge is 2.07. The molecule has 0 bridgehead atoms. The van der Waals surface area contributed by atoms with Gasteiger partial charge in [-0.3, -0.25) is 9.59 Å². The van der Waals surface area contributed by atoms with Crippen molar-refractivity contribution in [2.45, 2.75) is 33.1 Å². The Labute approximate surface area is 107 Å². The van der Waals surface area contributed by atoms with Gasteiger partial charge < -0.3 is 9.84 Å². The number of aliphatic carboxylic acids is 1. The van der Waals surface area contributed by atoms with Crippen molar-refractivity contribution in [2.24, 2.45) is 0 Å². The van der Waals surface area contributed by atoms with Gasteiger partial charge in [0.2, 0.25) is 0 Å². The van der Waals surface area contributed by atoms with Crippen molar-refractivity contribution in [2.75, 3.05) is 6.61 Å². The number of rotatable bonds is 6. The van der Waals surface area contributed by atoms with E-state index in [1.165, 1.54) is 0 Å².